The molecule has 0 fully saturated rings. The van der Waals surface area contributed by atoms with Gasteiger partial charge in [0.25, 0.3) is 0 Å². The Balaban J connectivity index is 2.09. The van der Waals surface area contributed by atoms with Crippen molar-refractivity contribution in [2.75, 3.05) is 0 Å². The van der Waals surface area contributed by atoms with Crippen LogP contribution in [0.2, 0.25) is 10.0 Å². The molecule has 4 heteroatoms. The third-order valence-corrected chi connectivity index (χ3v) is 4.91. The summed E-state index contributed by atoms with van der Waals surface area (Å²) in [4.78, 5) is 12.5. The summed E-state index contributed by atoms with van der Waals surface area (Å²) in [5.41, 5.74) is 4.07. The Bertz CT molecular complexity index is 781. The van der Waals surface area contributed by atoms with E-state index in [0.717, 1.165) is 16.7 Å². The molecule has 2 nitrogen and oxygen atoms in total. The van der Waals surface area contributed by atoms with Gasteiger partial charge in [-0.05, 0) is 53.6 Å². The Morgan fingerprint density at radius 2 is 1.91 bits per heavy atom. The van der Waals surface area contributed by atoms with E-state index in [1.165, 1.54) is 5.56 Å². The van der Waals surface area contributed by atoms with E-state index >= 15 is 0 Å². The number of rotatable bonds is 2. The number of hydrogen-bond donors (Lipinski definition) is 0. The van der Waals surface area contributed by atoms with E-state index in [0.29, 0.717) is 28.1 Å². The van der Waals surface area contributed by atoms with Crippen LogP contribution in [0.4, 0.5) is 0 Å². The van der Waals surface area contributed by atoms with Crippen molar-refractivity contribution in [1.29, 1.82) is 0 Å². The fourth-order valence-corrected chi connectivity index (χ4v) is 3.67. The van der Waals surface area contributed by atoms with Crippen molar-refractivity contribution in [3.8, 4) is 5.75 Å². The number of aryl methyl sites for hydroxylation is 1. The van der Waals surface area contributed by atoms with Crippen molar-refractivity contribution in [2.45, 2.75) is 39.0 Å². The Labute approximate surface area is 146 Å². The predicted octanol–water partition coefficient (Wildman–Crippen LogP) is 5.67. The number of ether oxygens (including phenoxy) is 1. The first-order chi connectivity index (χ1) is 10.9. The van der Waals surface area contributed by atoms with Crippen LogP contribution in [0, 0.1) is 6.92 Å². The minimum Gasteiger partial charge on any atom is -0.425 e. The van der Waals surface area contributed by atoms with Crippen LogP contribution in [0.25, 0.3) is 0 Å². The molecule has 1 aliphatic heterocycles. The van der Waals surface area contributed by atoms with Gasteiger partial charge in [0.15, 0.2) is 0 Å². The maximum absolute atomic E-state index is 12.5. The summed E-state index contributed by atoms with van der Waals surface area (Å²) in [6.45, 7) is 6.25. The molecule has 0 saturated heterocycles. The SMILES string of the molecule is Cc1ccc(C(C)C)c2c1OC(=O)C(c1ccc(Cl)cc1Cl)C2. The first-order valence-corrected chi connectivity index (χ1v) is 8.43. The zero-order chi connectivity index (χ0) is 16.7. The second-order valence-electron chi connectivity index (χ2n) is 6.28. The van der Waals surface area contributed by atoms with Gasteiger partial charge in [-0.2, -0.15) is 0 Å². The number of carbonyl (C=O) groups is 1. The number of esters is 1. The maximum Gasteiger partial charge on any atom is 0.319 e. The smallest absolute Gasteiger partial charge is 0.319 e. The summed E-state index contributed by atoms with van der Waals surface area (Å²) in [5.74, 6) is 0.419. The number of carbonyl (C=O) groups excluding carboxylic acids is 1. The van der Waals surface area contributed by atoms with E-state index < -0.39 is 5.92 Å². The molecule has 0 spiro atoms. The lowest BCUT2D eigenvalue weighted by atomic mass is 9.84. The topological polar surface area (TPSA) is 26.3 Å². The van der Waals surface area contributed by atoms with Crippen LogP contribution >= 0.6 is 23.2 Å². The van der Waals surface area contributed by atoms with Crippen molar-refractivity contribution in [2.24, 2.45) is 0 Å². The first-order valence-electron chi connectivity index (χ1n) is 7.67. The van der Waals surface area contributed by atoms with Crippen LogP contribution in [0.5, 0.6) is 5.75 Å². The van der Waals surface area contributed by atoms with Crippen LogP contribution in [-0.4, -0.2) is 5.97 Å². The van der Waals surface area contributed by atoms with Crippen LogP contribution < -0.4 is 4.74 Å². The zero-order valence-electron chi connectivity index (χ0n) is 13.3. The highest BCUT2D eigenvalue weighted by atomic mass is 35.5. The zero-order valence-corrected chi connectivity index (χ0v) is 14.8. The quantitative estimate of drug-likeness (QED) is 0.516. The summed E-state index contributed by atoms with van der Waals surface area (Å²) in [5, 5.41) is 1.06. The fourth-order valence-electron chi connectivity index (χ4n) is 3.13. The summed E-state index contributed by atoms with van der Waals surface area (Å²) in [7, 11) is 0. The molecule has 1 atom stereocenters. The van der Waals surface area contributed by atoms with Gasteiger partial charge in [0.1, 0.15) is 5.75 Å². The lowest BCUT2D eigenvalue weighted by molar-refractivity contribution is -0.137. The third kappa shape index (κ3) is 2.98. The molecule has 0 saturated carbocycles. The molecule has 0 amide bonds. The molecular weight excluding hydrogens is 331 g/mol. The van der Waals surface area contributed by atoms with Gasteiger partial charge in [-0.1, -0.05) is 55.2 Å². The third-order valence-electron chi connectivity index (χ3n) is 4.35. The molecule has 2 aromatic rings. The van der Waals surface area contributed by atoms with Gasteiger partial charge in [-0.15, -0.1) is 0 Å². The van der Waals surface area contributed by atoms with E-state index in [1.54, 1.807) is 12.1 Å². The molecule has 3 rings (SSSR count). The lowest BCUT2D eigenvalue weighted by Crippen LogP contribution is -2.27. The molecule has 120 valence electrons. The largest absolute Gasteiger partial charge is 0.425 e. The minimum absolute atomic E-state index is 0.259. The van der Waals surface area contributed by atoms with E-state index in [9.17, 15) is 4.79 Å². The number of fused-ring (bicyclic) bond motifs is 1. The fraction of sp³-hybridized carbons (Fsp3) is 0.316. The minimum atomic E-state index is -0.397. The van der Waals surface area contributed by atoms with E-state index in [2.05, 4.69) is 19.9 Å². The molecule has 23 heavy (non-hydrogen) atoms. The van der Waals surface area contributed by atoms with E-state index in [1.807, 2.05) is 19.1 Å². The Kier molecular flexibility index (Phi) is 4.39. The summed E-state index contributed by atoms with van der Waals surface area (Å²) in [6, 6.07) is 9.37. The van der Waals surface area contributed by atoms with E-state index in [4.69, 9.17) is 27.9 Å². The molecule has 1 heterocycles. The molecule has 2 aromatic carbocycles. The van der Waals surface area contributed by atoms with Gasteiger partial charge in [-0.25, -0.2) is 0 Å². The summed E-state index contributed by atoms with van der Waals surface area (Å²) < 4.78 is 5.68. The molecule has 0 aliphatic carbocycles. The molecule has 0 aromatic heterocycles. The average Bonchev–Trinajstić information content (AvgIpc) is 2.48. The van der Waals surface area contributed by atoms with Crippen molar-refractivity contribution in [3.63, 3.8) is 0 Å². The summed E-state index contributed by atoms with van der Waals surface area (Å²) in [6.07, 6.45) is 0.602. The second-order valence-corrected chi connectivity index (χ2v) is 7.12. The molecule has 1 aliphatic rings. The number of benzene rings is 2. The summed E-state index contributed by atoms with van der Waals surface area (Å²) >= 11 is 12.3. The second kappa shape index (κ2) is 6.18. The standard InChI is InChI=1S/C19H18Cl2O2/c1-10(2)13-6-4-11(3)18-15(13)9-16(19(22)23-18)14-7-5-12(20)8-17(14)21/h4-8,10,16H,9H2,1-3H3. The molecule has 1 unspecified atom stereocenters. The van der Waals surface area contributed by atoms with Crippen molar-refractivity contribution < 1.29 is 9.53 Å². The number of halogens is 2. The number of hydrogen-bond acceptors (Lipinski definition) is 2. The van der Waals surface area contributed by atoms with Crippen LogP contribution in [-0.2, 0) is 11.2 Å². The highest BCUT2D eigenvalue weighted by Gasteiger charge is 2.33. The molecule has 0 bridgehead atoms. The van der Waals surface area contributed by atoms with Crippen LogP contribution in [0.3, 0.4) is 0 Å². The predicted molar refractivity (Wildman–Crippen MR) is 93.8 cm³/mol. The first kappa shape index (κ1) is 16.4. The maximum atomic E-state index is 12.5. The van der Waals surface area contributed by atoms with Gasteiger partial charge in [-0.3, -0.25) is 4.79 Å². The Hall–Kier alpha value is -1.51. The lowest BCUT2D eigenvalue weighted by Gasteiger charge is -2.28. The highest BCUT2D eigenvalue weighted by molar-refractivity contribution is 6.35. The van der Waals surface area contributed by atoms with Gasteiger partial charge in [0.2, 0.25) is 0 Å². The van der Waals surface area contributed by atoms with E-state index in [-0.39, 0.29) is 5.97 Å². The molecule has 0 radical (unpaired) electrons. The van der Waals surface area contributed by atoms with Crippen LogP contribution in [0.1, 0.15) is 47.9 Å². The average molecular weight is 349 g/mol. The highest BCUT2D eigenvalue weighted by Crippen LogP contribution is 2.41. The van der Waals surface area contributed by atoms with Gasteiger partial charge in [0.05, 0.1) is 5.92 Å². The van der Waals surface area contributed by atoms with Gasteiger partial charge >= 0.3 is 5.97 Å². The van der Waals surface area contributed by atoms with Crippen LogP contribution in [0.15, 0.2) is 30.3 Å². The Morgan fingerprint density at radius 1 is 1.17 bits per heavy atom. The monoisotopic (exact) mass is 348 g/mol. The molecular formula is C19H18Cl2O2. The van der Waals surface area contributed by atoms with Crippen molar-refractivity contribution in [1.82, 2.24) is 0 Å². The van der Waals surface area contributed by atoms with Gasteiger partial charge < -0.3 is 4.74 Å². The van der Waals surface area contributed by atoms with Gasteiger partial charge in [0, 0.05) is 10.0 Å². The molecule has 0 N–H and O–H groups in total. The Morgan fingerprint density at radius 3 is 2.57 bits per heavy atom. The van der Waals surface area contributed by atoms with Crippen molar-refractivity contribution in [3.05, 3.63) is 62.6 Å². The van der Waals surface area contributed by atoms with Crippen molar-refractivity contribution >= 4 is 29.2 Å². The normalized spacial score (nSPS) is 17.1.